The number of carbonyl (C=O) groups is 3. The average Bonchev–Trinajstić information content (AvgIpc) is 2.55. The van der Waals surface area contributed by atoms with Crippen LogP contribution in [-0.2, 0) is 14.4 Å². The number of hydrogen-bond donors (Lipinski definition) is 4. The van der Waals surface area contributed by atoms with E-state index < -0.39 is 24.0 Å². The van der Waals surface area contributed by atoms with Gasteiger partial charge < -0.3 is 21.9 Å². The van der Waals surface area contributed by atoms with E-state index in [-0.39, 0.29) is 42.9 Å². The van der Waals surface area contributed by atoms with Crippen molar-refractivity contribution >= 4 is 17.5 Å². The minimum Gasteiger partial charge on any atom is -0.393 e. The summed E-state index contributed by atoms with van der Waals surface area (Å²) in [6.07, 6.45) is -0.139. The van der Waals surface area contributed by atoms with Crippen LogP contribution in [0, 0.1) is 23.7 Å². The number of rotatable bonds is 13. The molecule has 152 valence electrons. The van der Waals surface area contributed by atoms with E-state index in [1.165, 1.54) is 6.92 Å². The van der Waals surface area contributed by atoms with E-state index in [1.807, 2.05) is 13.8 Å². The molecule has 7 nitrogen and oxygen atoms in total. The number of nitrogens with two attached hydrogens (primary N) is 2. The third-order valence-electron chi connectivity index (χ3n) is 4.52. The molecule has 0 radical (unpaired) electrons. The Bertz CT molecular complexity index is 464. The normalized spacial score (nSPS) is 16.2. The fourth-order valence-electron chi connectivity index (χ4n) is 2.93. The topological polar surface area (TPSA) is 136 Å². The Balaban J connectivity index is 5.14. The predicted octanol–water partition coefficient (Wildman–Crippen LogP) is 0.622. The number of aliphatic hydroxyl groups is 1. The molecular formula is C19H37N3O4. The molecule has 0 aromatic heterocycles. The number of nitrogens with one attached hydrogen (secondary N) is 1. The zero-order valence-electron chi connectivity index (χ0n) is 16.8. The van der Waals surface area contributed by atoms with Gasteiger partial charge in [-0.25, -0.2) is 0 Å². The van der Waals surface area contributed by atoms with Crippen molar-refractivity contribution in [1.82, 2.24) is 5.32 Å². The van der Waals surface area contributed by atoms with Crippen molar-refractivity contribution in [3.8, 4) is 0 Å². The highest BCUT2D eigenvalue weighted by Crippen LogP contribution is 2.19. The summed E-state index contributed by atoms with van der Waals surface area (Å²) in [4.78, 5) is 37.4. The first kappa shape index (κ1) is 24.7. The van der Waals surface area contributed by atoms with Crippen LogP contribution in [0.1, 0.15) is 53.9 Å². The van der Waals surface area contributed by atoms with Gasteiger partial charge in [0.25, 0.3) is 0 Å². The minimum atomic E-state index is -1.01. The summed E-state index contributed by atoms with van der Waals surface area (Å²) >= 11 is 0. The Hall–Kier alpha value is -1.31. The molecule has 6 N–H and O–H groups in total. The smallest absolute Gasteiger partial charge is 0.226 e. The molecule has 7 heteroatoms. The number of carbonyl (C=O) groups excluding carboxylic acids is 3. The van der Waals surface area contributed by atoms with E-state index in [1.54, 1.807) is 13.8 Å². The Morgan fingerprint density at radius 1 is 1.04 bits per heavy atom. The fraction of sp³-hybridized carbons (Fsp3) is 0.842. The van der Waals surface area contributed by atoms with Crippen LogP contribution < -0.4 is 16.8 Å². The number of hydrogen-bond acceptors (Lipinski definition) is 6. The summed E-state index contributed by atoms with van der Waals surface area (Å²) in [5.41, 5.74) is 11.2. The van der Waals surface area contributed by atoms with Crippen molar-refractivity contribution in [2.75, 3.05) is 13.1 Å². The van der Waals surface area contributed by atoms with Gasteiger partial charge in [-0.3, -0.25) is 14.4 Å². The van der Waals surface area contributed by atoms with E-state index in [9.17, 15) is 19.5 Å². The van der Waals surface area contributed by atoms with Gasteiger partial charge in [0.05, 0.1) is 18.1 Å². The highest BCUT2D eigenvalue weighted by Gasteiger charge is 2.32. The summed E-state index contributed by atoms with van der Waals surface area (Å²) in [7, 11) is 0. The second-order valence-electron chi connectivity index (χ2n) is 7.78. The highest BCUT2D eigenvalue weighted by molar-refractivity contribution is 5.93. The lowest BCUT2D eigenvalue weighted by atomic mass is 9.86. The Kier molecular flexibility index (Phi) is 11.5. The minimum absolute atomic E-state index is 0.0939. The van der Waals surface area contributed by atoms with Crippen molar-refractivity contribution in [1.29, 1.82) is 0 Å². The predicted molar refractivity (Wildman–Crippen MR) is 102 cm³/mol. The monoisotopic (exact) mass is 371 g/mol. The Morgan fingerprint density at radius 2 is 1.62 bits per heavy atom. The van der Waals surface area contributed by atoms with Crippen molar-refractivity contribution in [3.63, 3.8) is 0 Å². The first-order valence-electron chi connectivity index (χ1n) is 9.50. The van der Waals surface area contributed by atoms with E-state index in [0.717, 1.165) is 0 Å². The number of amides is 1. The highest BCUT2D eigenvalue weighted by atomic mass is 16.3. The molecule has 0 aliphatic carbocycles. The Labute approximate surface area is 157 Å². The lowest BCUT2D eigenvalue weighted by Crippen LogP contribution is -2.48. The molecule has 0 bridgehead atoms. The van der Waals surface area contributed by atoms with Crippen LogP contribution in [0.25, 0.3) is 0 Å². The summed E-state index contributed by atoms with van der Waals surface area (Å²) in [6, 6.07) is -0.704. The van der Waals surface area contributed by atoms with Gasteiger partial charge in [-0.1, -0.05) is 27.7 Å². The second kappa shape index (κ2) is 12.1. The molecule has 4 atom stereocenters. The summed E-state index contributed by atoms with van der Waals surface area (Å²) in [6.45, 7) is 9.46. The molecule has 0 saturated heterocycles. The molecule has 1 amide bonds. The molecule has 0 fully saturated rings. The molecule has 0 aromatic carbocycles. The summed E-state index contributed by atoms with van der Waals surface area (Å²) in [5, 5.41) is 12.7. The van der Waals surface area contributed by atoms with Crippen molar-refractivity contribution in [3.05, 3.63) is 0 Å². The van der Waals surface area contributed by atoms with Crippen LogP contribution >= 0.6 is 0 Å². The maximum Gasteiger partial charge on any atom is 0.226 e. The Morgan fingerprint density at radius 3 is 2.00 bits per heavy atom. The van der Waals surface area contributed by atoms with Crippen LogP contribution in [0.5, 0.6) is 0 Å². The number of ketones is 2. The van der Waals surface area contributed by atoms with E-state index >= 15 is 0 Å². The maximum absolute atomic E-state index is 12.6. The van der Waals surface area contributed by atoms with Crippen LogP contribution in [0.2, 0.25) is 0 Å². The molecule has 0 aliphatic rings. The van der Waals surface area contributed by atoms with Gasteiger partial charge in [-0.05, 0) is 32.2 Å². The molecule has 0 spiro atoms. The van der Waals surface area contributed by atoms with E-state index in [0.29, 0.717) is 18.8 Å². The zero-order valence-corrected chi connectivity index (χ0v) is 16.8. The van der Waals surface area contributed by atoms with Crippen LogP contribution in [0.4, 0.5) is 0 Å². The van der Waals surface area contributed by atoms with Gasteiger partial charge in [0.15, 0.2) is 5.78 Å². The maximum atomic E-state index is 12.6. The van der Waals surface area contributed by atoms with Gasteiger partial charge in [0.2, 0.25) is 5.91 Å². The number of aliphatic hydroxyl groups excluding tert-OH is 1. The van der Waals surface area contributed by atoms with Crippen LogP contribution in [0.15, 0.2) is 0 Å². The van der Waals surface area contributed by atoms with Crippen molar-refractivity contribution in [2.24, 2.45) is 35.1 Å². The molecule has 2 unspecified atom stereocenters. The van der Waals surface area contributed by atoms with E-state index in [4.69, 9.17) is 11.5 Å². The van der Waals surface area contributed by atoms with Gasteiger partial charge >= 0.3 is 0 Å². The molecule has 0 aliphatic heterocycles. The lowest BCUT2D eigenvalue weighted by molar-refractivity contribution is -0.137. The average molecular weight is 372 g/mol. The molecule has 0 heterocycles. The molecule has 0 saturated carbocycles. The first-order valence-corrected chi connectivity index (χ1v) is 9.50. The largest absolute Gasteiger partial charge is 0.393 e. The third-order valence-corrected chi connectivity index (χ3v) is 4.52. The van der Waals surface area contributed by atoms with Crippen LogP contribution in [0.3, 0.4) is 0 Å². The van der Waals surface area contributed by atoms with Gasteiger partial charge in [0, 0.05) is 24.8 Å². The van der Waals surface area contributed by atoms with Crippen molar-refractivity contribution in [2.45, 2.75) is 66.0 Å². The molecular weight excluding hydrogens is 334 g/mol. The second-order valence-corrected chi connectivity index (χ2v) is 7.78. The molecule has 0 rings (SSSR count). The van der Waals surface area contributed by atoms with Gasteiger partial charge in [-0.2, -0.15) is 0 Å². The quantitative estimate of drug-likeness (QED) is 0.375. The van der Waals surface area contributed by atoms with Crippen LogP contribution in [-0.4, -0.2) is 47.8 Å². The van der Waals surface area contributed by atoms with Gasteiger partial charge in [0.1, 0.15) is 5.78 Å². The summed E-state index contributed by atoms with van der Waals surface area (Å²) < 4.78 is 0. The third kappa shape index (κ3) is 8.38. The first-order chi connectivity index (χ1) is 12.0. The van der Waals surface area contributed by atoms with Crippen molar-refractivity contribution < 1.29 is 19.5 Å². The lowest BCUT2D eigenvalue weighted by Gasteiger charge is -2.25. The summed E-state index contributed by atoms with van der Waals surface area (Å²) in [5.74, 6) is -1.92. The fourth-order valence-corrected chi connectivity index (χ4v) is 2.93. The zero-order chi connectivity index (χ0) is 20.4. The standard InChI is InChI=1S/C19H37N3O4/c1-11(2)8-14(10-21)17(24)9-15(13(5)23)19(26)22-16(6-7-20)18(25)12(3)4/h11-16,23H,6-10,20-21H2,1-5H3,(H,22,26)/t13?,14?,15-,16-/m0/s1. The SMILES string of the molecule is CC(C)CC(CN)C(=O)C[C@H](C(=O)N[C@@H](CCN)C(=O)C(C)C)C(C)O. The molecule has 0 aromatic rings. The van der Waals surface area contributed by atoms with Gasteiger partial charge in [-0.15, -0.1) is 0 Å². The molecule has 26 heavy (non-hydrogen) atoms. The number of Topliss-reactive ketones (excluding diaryl/α,β-unsaturated/α-hetero) is 2. The van der Waals surface area contributed by atoms with E-state index in [2.05, 4.69) is 5.32 Å².